The molecule has 2 N–H and O–H groups in total. The van der Waals surface area contributed by atoms with E-state index in [-0.39, 0.29) is 11.1 Å². The zero-order chi connectivity index (χ0) is 16.6. The van der Waals surface area contributed by atoms with E-state index in [1.807, 2.05) is 0 Å². The minimum atomic E-state index is -2.02. The fraction of sp³-hybridized carbons (Fsp3) is 1.00. The van der Waals surface area contributed by atoms with Crippen LogP contribution in [0.5, 0.6) is 0 Å². The molecule has 0 bridgehead atoms. The lowest BCUT2D eigenvalue weighted by Gasteiger charge is -2.49. The monoisotopic (exact) mass is 320 g/mol. The fourth-order valence-corrected chi connectivity index (χ4v) is 3.67. The van der Waals surface area contributed by atoms with Crippen molar-refractivity contribution in [2.45, 2.75) is 89.4 Å². The molecule has 1 saturated heterocycles. The summed E-state index contributed by atoms with van der Waals surface area (Å²) in [5.74, 6) is 0. The first-order chi connectivity index (χ1) is 9.35. The van der Waals surface area contributed by atoms with Gasteiger partial charge in [0.1, 0.15) is 5.60 Å². The van der Waals surface area contributed by atoms with E-state index < -0.39 is 32.4 Å². The molecule has 0 aromatic heterocycles. The van der Waals surface area contributed by atoms with E-state index in [2.05, 4.69) is 33.9 Å². The zero-order valence-corrected chi connectivity index (χ0v) is 15.6. The first-order valence-electron chi connectivity index (χ1n) is 7.61. The third kappa shape index (κ3) is 3.86. The SMILES string of the molecule is CO[C@H]1O[C@H](C)[C@@](O)([C@@H](C)O)C[C@H]1O[Si](C)(C)C(C)(C)C. The number of hydrogen-bond acceptors (Lipinski definition) is 5. The summed E-state index contributed by atoms with van der Waals surface area (Å²) in [4.78, 5) is 0. The van der Waals surface area contributed by atoms with E-state index in [0.29, 0.717) is 6.42 Å². The summed E-state index contributed by atoms with van der Waals surface area (Å²) in [6.07, 6.45) is -2.01. The van der Waals surface area contributed by atoms with Crippen molar-refractivity contribution >= 4 is 8.32 Å². The summed E-state index contributed by atoms with van der Waals surface area (Å²) in [5, 5.41) is 20.7. The Kier molecular flexibility index (Phi) is 5.68. The molecule has 0 aromatic carbocycles. The molecule has 21 heavy (non-hydrogen) atoms. The number of aliphatic hydroxyl groups excluding tert-OH is 1. The number of aliphatic hydroxyl groups is 2. The van der Waals surface area contributed by atoms with Gasteiger partial charge in [-0.25, -0.2) is 0 Å². The van der Waals surface area contributed by atoms with Gasteiger partial charge in [-0.3, -0.25) is 0 Å². The van der Waals surface area contributed by atoms with Gasteiger partial charge in [0.15, 0.2) is 14.6 Å². The van der Waals surface area contributed by atoms with Crippen LogP contribution in [0.15, 0.2) is 0 Å². The Bertz CT molecular complexity index is 350. The molecule has 1 fully saturated rings. The van der Waals surface area contributed by atoms with Gasteiger partial charge in [-0.15, -0.1) is 0 Å². The molecule has 5 atom stereocenters. The van der Waals surface area contributed by atoms with Gasteiger partial charge >= 0.3 is 0 Å². The Morgan fingerprint density at radius 2 is 1.86 bits per heavy atom. The quantitative estimate of drug-likeness (QED) is 0.778. The molecule has 126 valence electrons. The molecule has 0 radical (unpaired) electrons. The first kappa shape index (κ1) is 19.1. The molecule has 1 rings (SSSR count). The van der Waals surface area contributed by atoms with Crippen LogP contribution in [0.1, 0.15) is 41.0 Å². The smallest absolute Gasteiger partial charge is 0.192 e. The average molecular weight is 321 g/mol. The van der Waals surface area contributed by atoms with E-state index in [1.54, 1.807) is 21.0 Å². The summed E-state index contributed by atoms with van der Waals surface area (Å²) in [6.45, 7) is 14.1. The van der Waals surface area contributed by atoms with E-state index in [0.717, 1.165) is 0 Å². The Morgan fingerprint density at radius 3 is 2.24 bits per heavy atom. The molecule has 1 heterocycles. The number of ether oxygens (including phenoxy) is 2. The number of rotatable bonds is 4. The second-order valence-corrected chi connectivity index (χ2v) is 12.4. The summed E-state index contributed by atoms with van der Waals surface area (Å²) in [7, 11) is -0.447. The second kappa shape index (κ2) is 6.26. The molecule has 5 nitrogen and oxygen atoms in total. The van der Waals surface area contributed by atoms with Crippen molar-refractivity contribution in [3.05, 3.63) is 0 Å². The van der Waals surface area contributed by atoms with Gasteiger partial charge in [-0.05, 0) is 32.0 Å². The summed E-state index contributed by atoms with van der Waals surface area (Å²) in [5.41, 5.74) is -1.32. The van der Waals surface area contributed by atoms with Gasteiger partial charge in [0, 0.05) is 13.5 Å². The van der Waals surface area contributed by atoms with Gasteiger partial charge in [-0.1, -0.05) is 20.8 Å². The highest BCUT2D eigenvalue weighted by atomic mass is 28.4. The standard InChI is InChI=1S/C15H32O5Si/c1-10(16)15(17)9-12(13(18-6)19-11(15)2)20-21(7,8)14(3,4)5/h10-13,16-17H,9H2,1-8H3/t10-,11-,12-,13+,15+/m1/s1. The maximum Gasteiger partial charge on any atom is 0.192 e. The summed E-state index contributed by atoms with van der Waals surface area (Å²) >= 11 is 0. The van der Waals surface area contributed by atoms with Crippen molar-refractivity contribution in [2.75, 3.05) is 7.11 Å². The molecule has 0 aliphatic carbocycles. The van der Waals surface area contributed by atoms with Crippen LogP contribution in [0.25, 0.3) is 0 Å². The third-order valence-corrected chi connectivity index (χ3v) is 9.59. The number of hydrogen-bond donors (Lipinski definition) is 2. The lowest BCUT2D eigenvalue weighted by atomic mass is 9.83. The minimum absolute atomic E-state index is 0.0529. The predicted molar refractivity (Wildman–Crippen MR) is 84.7 cm³/mol. The lowest BCUT2D eigenvalue weighted by molar-refractivity contribution is -0.292. The molecule has 0 saturated carbocycles. The predicted octanol–water partition coefficient (Wildman–Crippen LogP) is 2.27. The lowest BCUT2D eigenvalue weighted by Crippen LogP contribution is -2.62. The fourth-order valence-electron chi connectivity index (χ4n) is 2.36. The molecular formula is C15H32O5Si. The highest BCUT2D eigenvalue weighted by Crippen LogP contribution is 2.41. The Morgan fingerprint density at radius 1 is 1.33 bits per heavy atom. The summed E-state index contributed by atoms with van der Waals surface area (Å²) < 4.78 is 17.5. The van der Waals surface area contributed by atoms with Gasteiger partial charge in [0.25, 0.3) is 0 Å². The van der Waals surface area contributed by atoms with Crippen molar-refractivity contribution in [1.82, 2.24) is 0 Å². The highest BCUT2D eigenvalue weighted by molar-refractivity contribution is 6.74. The highest BCUT2D eigenvalue weighted by Gasteiger charge is 2.51. The topological polar surface area (TPSA) is 68.2 Å². The van der Waals surface area contributed by atoms with Crippen molar-refractivity contribution in [2.24, 2.45) is 0 Å². The van der Waals surface area contributed by atoms with Gasteiger partial charge in [0.05, 0.1) is 18.3 Å². The van der Waals surface area contributed by atoms with Gasteiger partial charge in [-0.2, -0.15) is 0 Å². The molecule has 0 amide bonds. The summed E-state index contributed by atoms with van der Waals surface area (Å²) in [6, 6.07) is 0. The van der Waals surface area contributed by atoms with Crippen LogP contribution >= 0.6 is 0 Å². The molecular weight excluding hydrogens is 288 g/mol. The minimum Gasteiger partial charge on any atom is -0.409 e. The Hall–Kier alpha value is 0.0169. The molecule has 6 heteroatoms. The molecule has 0 aromatic rings. The molecule has 1 aliphatic heterocycles. The van der Waals surface area contributed by atoms with Gasteiger partial charge < -0.3 is 24.1 Å². The molecule has 1 aliphatic rings. The largest absolute Gasteiger partial charge is 0.409 e. The molecule has 0 unspecified atom stereocenters. The van der Waals surface area contributed by atoms with Crippen LogP contribution in [-0.2, 0) is 13.9 Å². The van der Waals surface area contributed by atoms with Crippen molar-refractivity contribution < 1.29 is 24.1 Å². The van der Waals surface area contributed by atoms with E-state index in [9.17, 15) is 10.2 Å². The van der Waals surface area contributed by atoms with Crippen LogP contribution in [0.3, 0.4) is 0 Å². The van der Waals surface area contributed by atoms with Crippen LogP contribution in [-0.4, -0.2) is 55.8 Å². The molecule has 0 spiro atoms. The zero-order valence-electron chi connectivity index (χ0n) is 14.6. The maximum atomic E-state index is 10.7. The van der Waals surface area contributed by atoms with Crippen molar-refractivity contribution in [3.63, 3.8) is 0 Å². The van der Waals surface area contributed by atoms with Gasteiger partial charge in [0.2, 0.25) is 0 Å². The normalized spacial score (nSPS) is 36.6. The van der Waals surface area contributed by atoms with Crippen LogP contribution in [0, 0.1) is 0 Å². The van der Waals surface area contributed by atoms with Crippen molar-refractivity contribution in [1.29, 1.82) is 0 Å². The van der Waals surface area contributed by atoms with Crippen LogP contribution < -0.4 is 0 Å². The van der Waals surface area contributed by atoms with Crippen LogP contribution in [0.4, 0.5) is 0 Å². The third-order valence-electron chi connectivity index (χ3n) is 5.08. The first-order valence-corrected chi connectivity index (χ1v) is 10.5. The second-order valence-electron chi connectivity index (χ2n) is 7.67. The Labute approximate surface area is 129 Å². The van der Waals surface area contributed by atoms with Crippen molar-refractivity contribution in [3.8, 4) is 0 Å². The van der Waals surface area contributed by atoms with Crippen LogP contribution in [0.2, 0.25) is 18.1 Å². The van der Waals surface area contributed by atoms with E-state index in [1.165, 1.54) is 0 Å². The van der Waals surface area contributed by atoms with E-state index >= 15 is 0 Å². The Balaban J connectivity index is 2.98. The number of methoxy groups -OCH3 is 1. The average Bonchev–Trinajstić information content (AvgIpc) is 2.31. The maximum absolute atomic E-state index is 10.7. The van der Waals surface area contributed by atoms with E-state index in [4.69, 9.17) is 13.9 Å².